The molecule has 0 bridgehead atoms. The molecule has 2 aromatic carbocycles. The van der Waals surface area contributed by atoms with Gasteiger partial charge in [0.15, 0.2) is 0 Å². The number of carbonyl (C=O) groups is 2. The smallest absolute Gasteiger partial charge is 0.252 e. The highest BCUT2D eigenvalue weighted by atomic mass is 35.5. The molecule has 37 heavy (non-hydrogen) atoms. The summed E-state index contributed by atoms with van der Waals surface area (Å²) in [6.45, 7) is 0.598. The van der Waals surface area contributed by atoms with Crippen LogP contribution in [0, 0.1) is 5.92 Å². The van der Waals surface area contributed by atoms with Gasteiger partial charge in [0, 0.05) is 23.7 Å². The van der Waals surface area contributed by atoms with Crippen LogP contribution in [0.25, 0.3) is 0 Å². The molecule has 1 atom stereocenters. The van der Waals surface area contributed by atoms with Crippen LogP contribution in [0.15, 0.2) is 76.2 Å². The second-order valence-electron chi connectivity index (χ2n) is 8.68. The van der Waals surface area contributed by atoms with Crippen LogP contribution < -0.4 is 15.4 Å². The lowest BCUT2D eigenvalue weighted by Crippen LogP contribution is -2.53. The van der Waals surface area contributed by atoms with Crippen molar-refractivity contribution in [1.82, 2.24) is 14.9 Å². The highest BCUT2D eigenvalue weighted by molar-refractivity contribution is 7.89. The van der Waals surface area contributed by atoms with Crippen molar-refractivity contribution >= 4 is 33.4 Å². The number of carbonyl (C=O) groups excluding carboxylic acids is 2. The molecule has 2 amide bonds. The molecule has 0 spiro atoms. The third kappa shape index (κ3) is 6.51. The zero-order valence-corrected chi connectivity index (χ0v) is 21.8. The summed E-state index contributed by atoms with van der Waals surface area (Å²) in [4.78, 5) is 26.4. The number of rotatable bonds is 9. The maximum Gasteiger partial charge on any atom is 0.252 e. The third-order valence-electron chi connectivity index (χ3n) is 6.34. The number of amides is 2. The normalized spacial score (nSPS) is 15.6. The van der Waals surface area contributed by atoms with Gasteiger partial charge in [0.1, 0.15) is 17.6 Å². The standard InChI is InChI=1S/C26H28ClN3O6S/c1-35-21-5-2-4-19(16-21)25(31)29-24(26(32)28-17-22-6-3-15-36-22)18-11-13-30(14-12-18)37(33,34)23-9-7-20(27)8-10-23/h2-10,15-16,18,24H,11-14,17H2,1H3,(H,28,32)(H,29,31)/t24-/m1/s1. The topological polar surface area (TPSA) is 118 Å². The molecule has 1 aromatic heterocycles. The van der Waals surface area contributed by atoms with E-state index in [9.17, 15) is 18.0 Å². The van der Waals surface area contributed by atoms with Crippen molar-refractivity contribution in [2.24, 2.45) is 5.92 Å². The second-order valence-corrected chi connectivity index (χ2v) is 11.1. The number of hydrogen-bond acceptors (Lipinski definition) is 6. The van der Waals surface area contributed by atoms with Gasteiger partial charge in [-0.05, 0) is 73.4 Å². The Bertz CT molecular complexity index is 1320. The fraction of sp³-hybridized carbons (Fsp3) is 0.308. The van der Waals surface area contributed by atoms with Crippen LogP contribution in [0.4, 0.5) is 0 Å². The highest BCUT2D eigenvalue weighted by Crippen LogP contribution is 2.27. The van der Waals surface area contributed by atoms with Crippen LogP contribution >= 0.6 is 11.6 Å². The molecule has 2 N–H and O–H groups in total. The number of benzene rings is 2. The Hall–Kier alpha value is -3.34. The average molecular weight is 546 g/mol. The van der Waals surface area contributed by atoms with E-state index >= 15 is 0 Å². The van der Waals surface area contributed by atoms with Crippen molar-refractivity contribution in [3.8, 4) is 5.75 Å². The molecule has 1 aliphatic heterocycles. The van der Waals surface area contributed by atoms with Gasteiger partial charge in [0.25, 0.3) is 5.91 Å². The van der Waals surface area contributed by atoms with E-state index in [0.717, 1.165) is 0 Å². The largest absolute Gasteiger partial charge is 0.497 e. The summed E-state index contributed by atoms with van der Waals surface area (Å²) in [6.07, 6.45) is 2.30. The van der Waals surface area contributed by atoms with Gasteiger partial charge in [-0.25, -0.2) is 8.42 Å². The fourth-order valence-electron chi connectivity index (χ4n) is 4.29. The Morgan fingerprint density at radius 2 is 1.84 bits per heavy atom. The molecule has 3 aromatic rings. The Balaban J connectivity index is 1.48. The van der Waals surface area contributed by atoms with E-state index in [1.54, 1.807) is 36.4 Å². The van der Waals surface area contributed by atoms with Crippen molar-refractivity contribution in [3.63, 3.8) is 0 Å². The van der Waals surface area contributed by atoms with Crippen LogP contribution in [0.1, 0.15) is 29.0 Å². The van der Waals surface area contributed by atoms with Gasteiger partial charge < -0.3 is 19.8 Å². The van der Waals surface area contributed by atoms with E-state index < -0.39 is 22.0 Å². The number of nitrogens with one attached hydrogen (secondary N) is 2. The van der Waals surface area contributed by atoms with Crippen molar-refractivity contribution in [3.05, 3.63) is 83.3 Å². The molecule has 196 valence electrons. The van der Waals surface area contributed by atoms with Gasteiger partial charge in [0.05, 0.1) is 24.8 Å². The molecule has 0 unspecified atom stereocenters. The first-order valence-electron chi connectivity index (χ1n) is 11.8. The van der Waals surface area contributed by atoms with Crippen molar-refractivity contribution < 1.29 is 27.2 Å². The van der Waals surface area contributed by atoms with Gasteiger partial charge in [-0.2, -0.15) is 4.31 Å². The van der Waals surface area contributed by atoms with Crippen LogP contribution in [0.2, 0.25) is 5.02 Å². The molecular weight excluding hydrogens is 518 g/mol. The van der Waals surface area contributed by atoms with E-state index in [2.05, 4.69) is 10.6 Å². The molecule has 2 heterocycles. The summed E-state index contributed by atoms with van der Waals surface area (Å²) >= 11 is 5.90. The molecule has 0 aliphatic carbocycles. The number of furan rings is 1. The number of halogens is 1. The Morgan fingerprint density at radius 3 is 2.49 bits per heavy atom. The molecule has 1 fully saturated rings. The van der Waals surface area contributed by atoms with Gasteiger partial charge in [0.2, 0.25) is 15.9 Å². The number of piperidine rings is 1. The lowest BCUT2D eigenvalue weighted by Gasteiger charge is -2.35. The molecule has 11 heteroatoms. The van der Waals surface area contributed by atoms with Crippen LogP contribution in [0.5, 0.6) is 5.75 Å². The van der Waals surface area contributed by atoms with E-state index in [0.29, 0.717) is 34.9 Å². The van der Waals surface area contributed by atoms with E-state index in [-0.39, 0.29) is 36.4 Å². The zero-order chi connectivity index (χ0) is 26.4. The minimum absolute atomic E-state index is 0.161. The molecule has 1 aliphatic rings. The monoisotopic (exact) mass is 545 g/mol. The van der Waals surface area contributed by atoms with Gasteiger partial charge in [-0.15, -0.1) is 0 Å². The summed E-state index contributed by atoms with van der Waals surface area (Å²) in [6, 6.07) is 15.3. The number of ether oxygens (including phenoxy) is 1. The summed E-state index contributed by atoms with van der Waals surface area (Å²) in [5, 5.41) is 6.13. The lowest BCUT2D eigenvalue weighted by atomic mass is 9.89. The van der Waals surface area contributed by atoms with E-state index in [1.165, 1.54) is 41.9 Å². The SMILES string of the molecule is COc1cccc(C(=O)N[C@@H](C(=O)NCc2ccco2)C2CCN(S(=O)(=O)c3ccc(Cl)cc3)CC2)c1. The highest BCUT2D eigenvalue weighted by Gasteiger charge is 2.36. The Labute approximate surface area is 220 Å². The van der Waals surface area contributed by atoms with Crippen molar-refractivity contribution in [2.45, 2.75) is 30.3 Å². The molecule has 1 saturated heterocycles. The molecular formula is C26H28ClN3O6S. The predicted molar refractivity (Wildman–Crippen MR) is 138 cm³/mol. The summed E-state index contributed by atoms with van der Waals surface area (Å²) in [5.74, 6) is 0.0324. The van der Waals surface area contributed by atoms with E-state index in [4.69, 9.17) is 20.8 Å². The molecule has 0 saturated carbocycles. The second kappa shape index (κ2) is 11.8. The van der Waals surface area contributed by atoms with Gasteiger partial charge in [-0.3, -0.25) is 9.59 Å². The number of sulfonamides is 1. The van der Waals surface area contributed by atoms with Crippen molar-refractivity contribution in [1.29, 1.82) is 0 Å². The summed E-state index contributed by atoms with van der Waals surface area (Å²) < 4.78 is 38.0. The number of hydrogen-bond donors (Lipinski definition) is 2. The first-order chi connectivity index (χ1) is 17.8. The van der Waals surface area contributed by atoms with Gasteiger partial charge >= 0.3 is 0 Å². The van der Waals surface area contributed by atoms with Gasteiger partial charge in [-0.1, -0.05) is 17.7 Å². The zero-order valence-electron chi connectivity index (χ0n) is 20.2. The summed E-state index contributed by atoms with van der Waals surface area (Å²) in [5.41, 5.74) is 0.353. The first kappa shape index (κ1) is 26.7. The first-order valence-corrected chi connectivity index (χ1v) is 13.6. The predicted octanol–water partition coefficient (Wildman–Crippen LogP) is 3.46. The molecule has 0 radical (unpaired) electrons. The van der Waals surface area contributed by atoms with Crippen molar-refractivity contribution in [2.75, 3.05) is 20.2 Å². The minimum atomic E-state index is -3.70. The maximum atomic E-state index is 13.2. The third-order valence-corrected chi connectivity index (χ3v) is 8.50. The van der Waals surface area contributed by atoms with Crippen LogP contribution in [-0.2, 0) is 21.4 Å². The maximum absolute atomic E-state index is 13.2. The fourth-order valence-corrected chi connectivity index (χ4v) is 5.88. The lowest BCUT2D eigenvalue weighted by molar-refractivity contribution is -0.124. The molecule has 9 nitrogen and oxygen atoms in total. The van der Waals surface area contributed by atoms with Crippen LogP contribution in [-0.4, -0.2) is 50.8 Å². The van der Waals surface area contributed by atoms with Crippen LogP contribution in [0.3, 0.4) is 0 Å². The molecule has 4 rings (SSSR count). The average Bonchev–Trinajstić information content (AvgIpc) is 3.44. The van der Waals surface area contributed by atoms with E-state index in [1.807, 2.05) is 0 Å². The number of methoxy groups -OCH3 is 1. The quantitative estimate of drug-likeness (QED) is 0.425. The Kier molecular flexibility index (Phi) is 8.52. The minimum Gasteiger partial charge on any atom is -0.497 e. The number of nitrogens with zero attached hydrogens (tertiary/aromatic N) is 1. The summed E-state index contributed by atoms with van der Waals surface area (Å²) in [7, 11) is -2.19. The Morgan fingerprint density at radius 1 is 1.11 bits per heavy atom.